The molecule has 126 valence electrons. The summed E-state index contributed by atoms with van der Waals surface area (Å²) in [5, 5.41) is 3.56. The first-order valence-corrected chi connectivity index (χ1v) is 8.34. The number of carbonyl (C=O) groups excluding carboxylic acids is 1. The smallest absolute Gasteiger partial charge is 0.259 e. The molecule has 0 fully saturated rings. The number of para-hydroxylation sites is 1. The summed E-state index contributed by atoms with van der Waals surface area (Å²) in [6.45, 7) is 2.31. The molecular weight excluding hydrogens is 334 g/mol. The van der Waals surface area contributed by atoms with E-state index in [1.807, 2.05) is 55.5 Å². The summed E-state index contributed by atoms with van der Waals surface area (Å²) in [6, 6.07) is 22.4. The fraction of sp³-hybridized carbons (Fsp3) is 0.0952. The lowest BCUT2D eigenvalue weighted by Crippen LogP contribution is -2.14. The molecule has 0 saturated carbocycles. The van der Waals surface area contributed by atoms with Crippen molar-refractivity contribution in [1.82, 2.24) is 0 Å². The Morgan fingerprint density at radius 3 is 2.48 bits per heavy atom. The van der Waals surface area contributed by atoms with Crippen molar-refractivity contribution >= 4 is 23.2 Å². The highest BCUT2D eigenvalue weighted by Gasteiger charge is 2.13. The molecule has 3 aromatic rings. The maximum atomic E-state index is 12.7. The molecule has 0 aliphatic carbocycles. The van der Waals surface area contributed by atoms with Crippen molar-refractivity contribution in [2.45, 2.75) is 13.5 Å². The number of halogens is 1. The van der Waals surface area contributed by atoms with Crippen molar-refractivity contribution in [3.8, 4) is 5.75 Å². The molecule has 0 spiro atoms. The molecule has 0 heterocycles. The van der Waals surface area contributed by atoms with Gasteiger partial charge in [-0.2, -0.15) is 0 Å². The molecule has 3 rings (SSSR count). The Hall–Kier alpha value is -2.78. The minimum atomic E-state index is -0.214. The van der Waals surface area contributed by atoms with Gasteiger partial charge in [0, 0.05) is 10.7 Å². The molecule has 0 aromatic heterocycles. The van der Waals surface area contributed by atoms with Crippen LogP contribution in [0.3, 0.4) is 0 Å². The third kappa shape index (κ3) is 4.40. The largest absolute Gasteiger partial charge is 0.488 e. The number of amides is 1. The van der Waals surface area contributed by atoms with E-state index in [4.69, 9.17) is 16.3 Å². The van der Waals surface area contributed by atoms with Gasteiger partial charge in [-0.3, -0.25) is 4.79 Å². The minimum absolute atomic E-state index is 0.214. The van der Waals surface area contributed by atoms with Crippen LogP contribution in [0.5, 0.6) is 5.75 Å². The topological polar surface area (TPSA) is 38.3 Å². The summed E-state index contributed by atoms with van der Waals surface area (Å²) in [7, 11) is 0. The average molecular weight is 352 g/mol. The van der Waals surface area contributed by atoms with Crippen LogP contribution < -0.4 is 10.1 Å². The fourth-order valence-electron chi connectivity index (χ4n) is 2.47. The summed E-state index contributed by atoms with van der Waals surface area (Å²) in [5.41, 5.74) is 3.18. The van der Waals surface area contributed by atoms with Gasteiger partial charge in [0.25, 0.3) is 5.91 Å². The zero-order valence-corrected chi connectivity index (χ0v) is 14.6. The summed E-state index contributed by atoms with van der Waals surface area (Å²) < 4.78 is 5.85. The first-order chi connectivity index (χ1) is 12.1. The molecule has 0 aliphatic rings. The maximum absolute atomic E-state index is 12.7. The molecule has 3 aromatic carbocycles. The lowest BCUT2D eigenvalue weighted by atomic mass is 10.1. The van der Waals surface area contributed by atoms with Crippen LogP contribution in [-0.2, 0) is 6.61 Å². The SMILES string of the molecule is Cc1cc(Cl)ccc1NC(=O)c1ccccc1OCc1ccccc1. The molecule has 0 aliphatic heterocycles. The molecule has 0 unspecified atom stereocenters. The van der Waals surface area contributed by atoms with Gasteiger partial charge in [-0.05, 0) is 48.4 Å². The third-order valence-corrected chi connectivity index (χ3v) is 4.04. The summed E-state index contributed by atoms with van der Waals surface area (Å²) in [6.07, 6.45) is 0. The van der Waals surface area contributed by atoms with Gasteiger partial charge < -0.3 is 10.1 Å². The monoisotopic (exact) mass is 351 g/mol. The number of rotatable bonds is 5. The van der Waals surface area contributed by atoms with E-state index in [-0.39, 0.29) is 5.91 Å². The predicted molar refractivity (Wildman–Crippen MR) is 101 cm³/mol. The van der Waals surface area contributed by atoms with Crippen LogP contribution in [0.2, 0.25) is 5.02 Å². The van der Waals surface area contributed by atoms with E-state index in [0.717, 1.165) is 16.8 Å². The summed E-state index contributed by atoms with van der Waals surface area (Å²) in [4.78, 5) is 12.7. The fourth-order valence-corrected chi connectivity index (χ4v) is 2.70. The second kappa shape index (κ2) is 7.86. The normalized spacial score (nSPS) is 10.3. The van der Waals surface area contributed by atoms with Crippen molar-refractivity contribution in [3.05, 3.63) is 94.5 Å². The van der Waals surface area contributed by atoms with E-state index >= 15 is 0 Å². The maximum Gasteiger partial charge on any atom is 0.259 e. The second-order valence-corrected chi connectivity index (χ2v) is 6.12. The number of hydrogen-bond acceptors (Lipinski definition) is 2. The zero-order chi connectivity index (χ0) is 17.6. The molecule has 1 amide bonds. The van der Waals surface area contributed by atoms with Crippen molar-refractivity contribution in [3.63, 3.8) is 0 Å². The molecule has 0 bridgehead atoms. The highest BCUT2D eigenvalue weighted by Crippen LogP contribution is 2.24. The van der Waals surface area contributed by atoms with Crippen LogP contribution in [-0.4, -0.2) is 5.91 Å². The van der Waals surface area contributed by atoms with Gasteiger partial charge in [-0.1, -0.05) is 54.1 Å². The number of anilines is 1. The number of carbonyl (C=O) groups is 1. The van der Waals surface area contributed by atoms with Gasteiger partial charge in [-0.15, -0.1) is 0 Å². The number of hydrogen-bond donors (Lipinski definition) is 1. The number of aryl methyl sites for hydroxylation is 1. The molecule has 1 N–H and O–H groups in total. The van der Waals surface area contributed by atoms with Crippen LogP contribution in [0, 0.1) is 6.92 Å². The van der Waals surface area contributed by atoms with E-state index in [9.17, 15) is 4.79 Å². The predicted octanol–water partition coefficient (Wildman–Crippen LogP) is 5.48. The third-order valence-electron chi connectivity index (χ3n) is 3.81. The van der Waals surface area contributed by atoms with Gasteiger partial charge in [0.1, 0.15) is 12.4 Å². The first-order valence-electron chi connectivity index (χ1n) is 7.97. The van der Waals surface area contributed by atoms with E-state index in [1.54, 1.807) is 24.3 Å². The van der Waals surface area contributed by atoms with Crippen LogP contribution in [0.1, 0.15) is 21.5 Å². The Bertz CT molecular complexity index is 878. The van der Waals surface area contributed by atoms with Crippen molar-refractivity contribution in [1.29, 1.82) is 0 Å². The van der Waals surface area contributed by atoms with Crippen LogP contribution in [0.25, 0.3) is 0 Å². The van der Waals surface area contributed by atoms with Gasteiger partial charge >= 0.3 is 0 Å². The van der Waals surface area contributed by atoms with E-state index < -0.39 is 0 Å². The van der Waals surface area contributed by atoms with Crippen LogP contribution in [0.15, 0.2) is 72.8 Å². The average Bonchev–Trinajstić information content (AvgIpc) is 2.63. The number of nitrogens with one attached hydrogen (secondary N) is 1. The van der Waals surface area contributed by atoms with Gasteiger partial charge in [0.2, 0.25) is 0 Å². The minimum Gasteiger partial charge on any atom is -0.488 e. The zero-order valence-electron chi connectivity index (χ0n) is 13.8. The molecule has 0 saturated heterocycles. The highest BCUT2D eigenvalue weighted by atomic mass is 35.5. The summed E-state index contributed by atoms with van der Waals surface area (Å²) >= 11 is 5.96. The lowest BCUT2D eigenvalue weighted by molar-refractivity contribution is 0.102. The Labute approximate surface area is 152 Å². The van der Waals surface area contributed by atoms with E-state index in [2.05, 4.69) is 5.32 Å². The van der Waals surface area contributed by atoms with Gasteiger partial charge in [0.15, 0.2) is 0 Å². The van der Waals surface area contributed by atoms with E-state index in [1.165, 1.54) is 0 Å². The van der Waals surface area contributed by atoms with E-state index in [0.29, 0.717) is 22.9 Å². The van der Waals surface area contributed by atoms with Crippen LogP contribution in [0.4, 0.5) is 5.69 Å². The lowest BCUT2D eigenvalue weighted by Gasteiger charge is -2.13. The van der Waals surface area contributed by atoms with Crippen molar-refractivity contribution in [2.24, 2.45) is 0 Å². The quantitative estimate of drug-likeness (QED) is 0.661. The van der Waals surface area contributed by atoms with Crippen LogP contribution >= 0.6 is 11.6 Å². The van der Waals surface area contributed by atoms with Gasteiger partial charge in [-0.25, -0.2) is 0 Å². The molecule has 3 nitrogen and oxygen atoms in total. The number of benzene rings is 3. The summed E-state index contributed by atoms with van der Waals surface area (Å²) in [5.74, 6) is 0.338. The Morgan fingerprint density at radius 2 is 1.72 bits per heavy atom. The standard InChI is InChI=1S/C21H18ClNO2/c1-15-13-17(22)11-12-19(15)23-21(24)18-9-5-6-10-20(18)25-14-16-7-3-2-4-8-16/h2-13H,14H2,1H3,(H,23,24). The van der Waals surface area contributed by atoms with Gasteiger partial charge in [0.05, 0.1) is 5.56 Å². The Kier molecular flexibility index (Phi) is 5.36. The molecular formula is C21H18ClNO2. The second-order valence-electron chi connectivity index (χ2n) is 5.68. The Morgan fingerprint density at radius 1 is 1.00 bits per heavy atom. The molecule has 0 atom stereocenters. The molecule has 4 heteroatoms. The van der Waals surface area contributed by atoms with Crippen molar-refractivity contribution < 1.29 is 9.53 Å². The molecule has 0 radical (unpaired) electrons. The number of ether oxygens (including phenoxy) is 1. The Balaban J connectivity index is 1.76. The first kappa shape index (κ1) is 17.1. The van der Waals surface area contributed by atoms with Crippen molar-refractivity contribution in [2.75, 3.05) is 5.32 Å². The highest BCUT2D eigenvalue weighted by molar-refractivity contribution is 6.30. The molecule has 25 heavy (non-hydrogen) atoms.